The molecule has 1 saturated carbocycles. The van der Waals surface area contributed by atoms with Crippen LogP contribution < -0.4 is 0 Å². The molecule has 0 aromatic carbocycles. The Kier molecular flexibility index (Phi) is 7.56. The summed E-state index contributed by atoms with van der Waals surface area (Å²) >= 11 is 0. The molecule has 1 aromatic heterocycles. The minimum Gasteiger partial charge on any atom is -0.472 e. The van der Waals surface area contributed by atoms with Gasteiger partial charge in [0.2, 0.25) is 6.10 Å². The standard InChI is InChI=1S/C32H40O13/c1-15-21-22(40-16(2)33)26(42-18(4)35)30(8)25(19-11-12-39-14-19)43-20(36)13-32(15,30)45-31(9)29(21,7)24(28(5,6)44-31)23(27(37)38-10)41-17(3)34/h11-12,14,21-26H,1,13H2,2-10H3. The Hall–Kier alpha value is -3.71. The van der Waals surface area contributed by atoms with Gasteiger partial charge in [0.1, 0.15) is 17.8 Å². The first kappa shape index (κ1) is 32.7. The number of furan rings is 1. The van der Waals surface area contributed by atoms with Gasteiger partial charge < -0.3 is 37.6 Å². The molecule has 4 aliphatic rings. The Morgan fingerprint density at radius 2 is 1.60 bits per heavy atom. The summed E-state index contributed by atoms with van der Waals surface area (Å²) in [5, 5.41) is 0. The van der Waals surface area contributed by atoms with Crippen molar-refractivity contribution in [1.82, 2.24) is 0 Å². The average molecular weight is 633 g/mol. The summed E-state index contributed by atoms with van der Waals surface area (Å²) in [4.78, 5) is 64.8. The summed E-state index contributed by atoms with van der Waals surface area (Å²) in [6.45, 7) is 16.7. The van der Waals surface area contributed by atoms with E-state index in [9.17, 15) is 24.0 Å². The Balaban J connectivity index is 1.85. The van der Waals surface area contributed by atoms with Crippen molar-refractivity contribution in [2.24, 2.45) is 22.7 Å². The lowest BCUT2D eigenvalue weighted by Crippen LogP contribution is -2.80. The Morgan fingerprint density at radius 1 is 0.956 bits per heavy atom. The Morgan fingerprint density at radius 3 is 2.13 bits per heavy atom. The molecule has 5 rings (SSSR count). The average Bonchev–Trinajstić information content (AvgIpc) is 3.49. The highest BCUT2D eigenvalue weighted by Gasteiger charge is 2.84. The van der Waals surface area contributed by atoms with Crippen LogP contribution in [0, 0.1) is 22.7 Å². The van der Waals surface area contributed by atoms with Crippen LogP contribution in [0.3, 0.4) is 0 Å². The summed E-state index contributed by atoms with van der Waals surface area (Å²) in [7, 11) is 1.17. The smallest absolute Gasteiger partial charge is 0.347 e. The number of methoxy groups -OCH3 is 1. The number of hydrogen-bond donors (Lipinski definition) is 0. The second-order valence-corrected chi connectivity index (χ2v) is 13.4. The third-order valence-corrected chi connectivity index (χ3v) is 10.5. The number of cyclic esters (lactones) is 1. The molecule has 10 atom stereocenters. The fraction of sp³-hybridized carbons (Fsp3) is 0.656. The topological polar surface area (TPSA) is 163 Å². The van der Waals surface area contributed by atoms with Crippen molar-refractivity contribution < 1.29 is 61.5 Å². The molecule has 0 radical (unpaired) electrons. The largest absolute Gasteiger partial charge is 0.472 e. The van der Waals surface area contributed by atoms with Gasteiger partial charge in [0.25, 0.3) is 0 Å². The van der Waals surface area contributed by atoms with Crippen molar-refractivity contribution in [2.75, 3.05) is 7.11 Å². The molecule has 3 saturated heterocycles. The molecule has 3 aliphatic heterocycles. The molecule has 45 heavy (non-hydrogen) atoms. The molecule has 2 bridgehead atoms. The van der Waals surface area contributed by atoms with Gasteiger partial charge in [-0.1, -0.05) is 13.5 Å². The summed E-state index contributed by atoms with van der Waals surface area (Å²) in [6, 6.07) is 1.61. The van der Waals surface area contributed by atoms with Gasteiger partial charge in [-0.05, 0) is 39.3 Å². The third kappa shape index (κ3) is 4.37. The zero-order chi connectivity index (χ0) is 33.5. The van der Waals surface area contributed by atoms with Crippen LogP contribution >= 0.6 is 0 Å². The SMILES string of the molecule is C=C1C2C(OC(C)=O)C(OC(C)=O)C3(C)C(c4ccoc4)OC(=O)CC13OC1(C)OC(C)(C)C(C(OC(C)=O)C(=O)OC)C21C. The van der Waals surface area contributed by atoms with Crippen LogP contribution in [0.5, 0.6) is 0 Å². The van der Waals surface area contributed by atoms with E-state index >= 15 is 0 Å². The van der Waals surface area contributed by atoms with E-state index in [0.29, 0.717) is 11.1 Å². The molecule has 1 aliphatic carbocycles. The van der Waals surface area contributed by atoms with E-state index in [1.54, 1.807) is 40.7 Å². The number of carbonyl (C=O) groups is 5. The number of fused-ring (bicyclic) bond motifs is 3. The second-order valence-electron chi connectivity index (χ2n) is 13.4. The number of ether oxygens (including phenoxy) is 7. The Labute approximate surface area is 260 Å². The van der Waals surface area contributed by atoms with Crippen molar-refractivity contribution in [3.05, 3.63) is 36.3 Å². The maximum absolute atomic E-state index is 13.5. The summed E-state index contributed by atoms with van der Waals surface area (Å²) in [5.41, 5.74) is -4.94. The second kappa shape index (κ2) is 10.4. The van der Waals surface area contributed by atoms with Gasteiger partial charge in [0, 0.05) is 43.6 Å². The van der Waals surface area contributed by atoms with Gasteiger partial charge in [-0.2, -0.15) is 0 Å². The molecule has 246 valence electrons. The van der Waals surface area contributed by atoms with Gasteiger partial charge >= 0.3 is 29.8 Å². The molecule has 1 aromatic rings. The minimum absolute atomic E-state index is 0.336. The van der Waals surface area contributed by atoms with Gasteiger partial charge in [0.05, 0.1) is 37.1 Å². The molecular weight excluding hydrogens is 592 g/mol. The first-order chi connectivity index (χ1) is 20.8. The van der Waals surface area contributed by atoms with E-state index in [1.807, 2.05) is 0 Å². The van der Waals surface area contributed by atoms with Crippen LogP contribution in [0.25, 0.3) is 0 Å². The monoisotopic (exact) mass is 632 g/mol. The zero-order valence-electron chi connectivity index (χ0n) is 26.9. The fourth-order valence-corrected chi connectivity index (χ4v) is 8.99. The van der Waals surface area contributed by atoms with Crippen molar-refractivity contribution in [1.29, 1.82) is 0 Å². The van der Waals surface area contributed by atoms with Gasteiger partial charge in [-0.15, -0.1) is 0 Å². The normalized spacial score (nSPS) is 40.2. The zero-order valence-corrected chi connectivity index (χ0v) is 26.9. The molecule has 0 amide bonds. The van der Waals surface area contributed by atoms with Crippen molar-refractivity contribution in [2.45, 2.75) is 103 Å². The van der Waals surface area contributed by atoms with Gasteiger partial charge in [-0.25, -0.2) is 4.79 Å². The first-order valence-electron chi connectivity index (χ1n) is 14.7. The third-order valence-electron chi connectivity index (χ3n) is 10.5. The van der Waals surface area contributed by atoms with Crippen LogP contribution in [0.2, 0.25) is 0 Å². The lowest BCUT2D eigenvalue weighted by atomic mass is 9.43. The predicted octanol–water partition coefficient (Wildman–Crippen LogP) is 3.34. The maximum Gasteiger partial charge on any atom is 0.347 e. The van der Waals surface area contributed by atoms with Crippen LogP contribution in [0.15, 0.2) is 35.2 Å². The van der Waals surface area contributed by atoms with E-state index in [-0.39, 0.29) is 6.42 Å². The molecule has 10 unspecified atom stereocenters. The molecule has 4 heterocycles. The number of carbonyl (C=O) groups excluding carboxylic acids is 5. The van der Waals surface area contributed by atoms with E-state index < -0.39 is 93.9 Å². The van der Waals surface area contributed by atoms with E-state index in [0.717, 1.165) is 0 Å². The van der Waals surface area contributed by atoms with Crippen LogP contribution in [-0.4, -0.2) is 72.3 Å². The molecule has 1 spiro atoms. The van der Waals surface area contributed by atoms with Crippen molar-refractivity contribution >= 4 is 29.8 Å². The minimum atomic E-state index is -1.64. The van der Waals surface area contributed by atoms with Crippen LogP contribution in [-0.2, 0) is 57.1 Å². The number of esters is 5. The van der Waals surface area contributed by atoms with Crippen molar-refractivity contribution in [3.8, 4) is 0 Å². The highest BCUT2D eigenvalue weighted by atomic mass is 16.7. The molecular formula is C32H40O13. The van der Waals surface area contributed by atoms with E-state index in [1.165, 1.54) is 40.4 Å². The Bertz CT molecular complexity index is 1450. The summed E-state index contributed by atoms with van der Waals surface area (Å²) in [6.07, 6.45) is -2.67. The lowest BCUT2D eigenvalue weighted by molar-refractivity contribution is -0.400. The van der Waals surface area contributed by atoms with Crippen molar-refractivity contribution in [3.63, 3.8) is 0 Å². The maximum atomic E-state index is 13.5. The van der Waals surface area contributed by atoms with Gasteiger partial charge in [-0.3, -0.25) is 19.2 Å². The number of hydrogen-bond acceptors (Lipinski definition) is 13. The van der Waals surface area contributed by atoms with Gasteiger partial charge in [0.15, 0.2) is 11.9 Å². The summed E-state index contributed by atoms with van der Waals surface area (Å²) < 4.78 is 47.9. The molecule has 13 nitrogen and oxygen atoms in total. The molecule has 0 N–H and O–H groups in total. The fourth-order valence-electron chi connectivity index (χ4n) is 8.99. The molecule has 4 fully saturated rings. The lowest BCUT2D eigenvalue weighted by Gasteiger charge is -2.70. The van der Waals surface area contributed by atoms with E-state index in [2.05, 4.69) is 6.58 Å². The highest BCUT2D eigenvalue weighted by Crippen LogP contribution is 2.75. The highest BCUT2D eigenvalue weighted by molar-refractivity contribution is 5.80. The quantitative estimate of drug-likeness (QED) is 0.255. The summed E-state index contributed by atoms with van der Waals surface area (Å²) in [5.74, 6) is -7.21. The van der Waals surface area contributed by atoms with Crippen LogP contribution in [0.4, 0.5) is 0 Å². The first-order valence-corrected chi connectivity index (χ1v) is 14.7. The number of rotatable bonds is 6. The van der Waals surface area contributed by atoms with Crippen LogP contribution in [0.1, 0.15) is 73.5 Å². The molecule has 13 heteroatoms. The predicted molar refractivity (Wildman–Crippen MR) is 151 cm³/mol. The van der Waals surface area contributed by atoms with E-state index in [4.69, 9.17) is 37.6 Å².